The number of amides is 2. The molecule has 2 heterocycles. The third kappa shape index (κ3) is 4.12. The second kappa shape index (κ2) is 7.77. The Bertz CT molecular complexity index is 1110. The molecule has 0 atom stereocenters. The third-order valence-electron chi connectivity index (χ3n) is 5.10. The molecule has 0 spiro atoms. The lowest BCUT2D eigenvalue weighted by Gasteiger charge is -2.32. The number of imidazole rings is 1. The maximum absolute atomic E-state index is 12.6. The second-order valence-corrected chi connectivity index (χ2v) is 7.01. The molecule has 1 aliphatic heterocycles. The number of carbonyl (C=O) groups is 1. The maximum Gasteiger partial charge on any atom is 0.573 e. The van der Waals surface area contributed by atoms with E-state index in [9.17, 15) is 22.8 Å². The Morgan fingerprint density at radius 1 is 1.07 bits per heavy atom. The van der Waals surface area contributed by atoms with Crippen LogP contribution in [0, 0.1) is 0 Å². The quantitative estimate of drug-likeness (QED) is 0.670. The lowest BCUT2D eigenvalue weighted by molar-refractivity contribution is -0.274. The fraction of sp³-hybridized carbons (Fsp3) is 0.300. The fourth-order valence-corrected chi connectivity index (χ4v) is 3.74. The van der Waals surface area contributed by atoms with Gasteiger partial charge < -0.3 is 19.9 Å². The number of urea groups is 1. The van der Waals surface area contributed by atoms with Crippen molar-refractivity contribution in [3.05, 3.63) is 59.0 Å². The number of hydrogen-bond acceptors (Lipinski definition) is 3. The van der Waals surface area contributed by atoms with Crippen LogP contribution >= 0.6 is 0 Å². The molecule has 0 radical (unpaired) electrons. The molecule has 1 aromatic heterocycles. The van der Waals surface area contributed by atoms with Crippen LogP contribution in [0.3, 0.4) is 0 Å². The van der Waals surface area contributed by atoms with Crippen LogP contribution in [0.15, 0.2) is 53.3 Å². The summed E-state index contributed by atoms with van der Waals surface area (Å²) in [6, 6.07) is 12.2. The van der Waals surface area contributed by atoms with E-state index < -0.39 is 18.1 Å². The molecular weight excluding hydrogens is 401 g/mol. The molecule has 2 aromatic carbocycles. The van der Waals surface area contributed by atoms with Gasteiger partial charge in [0.2, 0.25) is 0 Å². The predicted octanol–water partition coefficient (Wildman–Crippen LogP) is 4.10. The van der Waals surface area contributed by atoms with Gasteiger partial charge in [0.25, 0.3) is 0 Å². The minimum absolute atomic E-state index is 0.0604. The zero-order valence-electron chi connectivity index (χ0n) is 15.8. The molecule has 10 heteroatoms. The number of nitrogens with zero attached hydrogens (tertiary/aromatic N) is 2. The summed E-state index contributed by atoms with van der Waals surface area (Å²) in [5.41, 5.74) is 1.31. The highest BCUT2D eigenvalue weighted by Gasteiger charge is 2.32. The Morgan fingerprint density at radius 3 is 2.47 bits per heavy atom. The molecule has 1 fully saturated rings. The Balaban J connectivity index is 1.43. The van der Waals surface area contributed by atoms with E-state index in [1.165, 1.54) is 23.1 Å². The van der Waals surface area contributed by atoms with Gasteiger partial charge >= 0.3 is 18.1 Å². The van der Waals surface area contributed by atoms with Crippen molar-refractivity contribution in [3.8, 4) is 5.75 Å². The third-order valence-corrected chi connectivity index (χ3v) is 5.10. The number of likely N-dealkylation sites (tertiary alicyclic amines) is 1. The van der Waals surface area contributed by atoms with Crippen molar-refractivity contribution in [3.63, 3.8) is 0 Å². The first-order valence-electron chi connectivity index (χ1n) is 9.42. The maximum atomic E-state index is 12.6. The highest BCUT2D eigenvalue weighted by molar-refractivity contribution is 5.91. The molecule has 0 aliphatic carbocycles. The van der Waals surface area contributed by atoms with Gasteiger partial charge in [-0.2, -0.15) is 0 Å². The summed E-state index contributed by atoms with van der Waals surface area (Å²) < 4.78 is 43.3. The van der Waals surface area contributed by atoms with Crippen LogP contribution in [-0.4, -0.2) is 39.9 Å². The number of rotatable bonds is 3. The number of nitrogens with one attached hydrogen (secondary N) is 2. The molecule has 7 nitrogen and oxygen atoms in total. The Hall–Kier alpha value is -3.43. The summed E-state index contributed by atoms with van der Waals surface area (Å²) in [7, 11) is 0. The van der Waals surface area contributed by atoms with Crippen molar-refractivity contribution in [2.24, 2.45) is 0 Å². The number of benzene rings is 2. The fourth-order valence-electron chi connectivity index (χ4n) is 3.74. The van der Waals surface area contributed by atoms with E-state index in [4.69, 9.17) is 0 Å². The van der Waals surface area contributed by atoms with Crippen LogP contribution in [0.5, 0.6) is 5.75 Å². The number of hydrogen-bond donors (Lipinski definition) is 2. The molecule has 1 saturated heterocycles. The highest BCUT2D eigenvalue weighted by Crippen LogP contribution is 2.31. The molecule has 0 unspecified atom stereocenters. The SMILES string of the molecule is O=C(Nc1ccccc1OC(F)(F)F)N1CCC(n2c(=O)[nH]c3ccccc32)CC1. The molecular formula is C20H19F3N4O3. The highest BCUT2D eigenvalue weighted by atomic mass is 19.4. The first kappa shape index (κ1) is 19.9. The number of carbonyl (C=O) groups excluding carboxylic acids is 1. The van der Waals surface area contributed by atoms with Crippen molar-refractivity contribution < 1.29 is 22.7 Å². The van der Waals surface area contributed by atoms with Crippen LogP contribution in [0.25, 0.3) is 11.0 Å². The van der Waals surface area contributed by atoms with E-state index in [2.05, 4.69) is 15.0 Å². The largest absolute Gasteiger partial charge is 0.573 e. The molecule has 30 heavy (non-hydrogen) atoms. The molecule has 158 valence electrons. The summed E-state index contributed by atoms with van der Waals surface area (Å²) in [5, 5.41) is 2.48. The van der Waals surface area contributed by atoms with Gasteiger partial charge in [0, 0.05) is 19.1 Å². The van der Waals surface area contributed by atoms with E-state index in [1.807, 2.05) is 24.3 Å². The van der Waals surface area contributed by atoms with Crippen LogP contribution in [0.1, 0.15) is 18.9 Å². The number of halogens is 3. The number of anilines is 1. The van der Waals surface area contributed by atoms with Gasteiger partial charge in [0.1, 0.15) is 0 Å². The van der Waals surface area contributed by atoms with Gasteiger partial charge in [-0.05, 0) is 37.1 Å². The Labute approximate surface area is 169 Å². The molecule has 1 aliphatic rings. The number of alkyl halides is 3. The average Bonchev–Trinajstić information content (AvgIpc) is 3.04. The predicted molar refractivity (Wildman–Crippen MR) is 105 cm³/mol. The molecule has 2 N–H and O–H groups in total. The zero-order chi connectivity index (χ0) is 21.3. The van der Waals surface area contributed by atoms with E-state index >= 15 is 0 Å². The second-order valence-electron chi connectivity index (χ2n) is 7.01. The van der Waals surface area contributed by atoms with Crippen LogP contribution in [0.2, 0.25) is 0 Å². The molecule has 0 saturated carbocycles. The van der Waals surface area contributed by atoms with Crippen molar-refractivity contribution in [1.29, 1.82) is 0 Å². The molecule has 2 amide bonds. The number of para-hydroxylation sites is 4. The van der Waals surface area contributed by atoms with E-state index in [0.29, 0.717) is 25.9 Å². The van der Waals surface area contributed by atoms with Crippen LogP contribution in [0.4, 0.5) is 23.7 Å². The number of aromatic nitrogens is 2. The van der Waals surface area contributed by atoms with E-state index in [-0.39, 0.29) is 17.4 Å². The van der Waals surface area contributed by atoms with Crippen molar-refractivity contribution in [2.75, 3.05) is 18.4 Å². The van der Waals surface area contributed by atoms with E-state index in [0.717, 1.165) is 17.1 Å². The number of ether oxygens (including phenoxy) is 1. The standard InChI is InChI=1S/C20H19F3N4O3/c21-20(22,23)30-17-8-4-2-6-15(17)25-18(28)26-11-9-13(10-12-26)27-16-7-3-1-5-14(16)24-19(27)29/h1-8,13H,9-12H2,(H,24,29)(H,25,28). The summed E-state index contributed by atoms with van der Waals surface area (Å²) in [6.07, 6.45) is -3.75. The summed E-state index contributed by atoms with van der Waals surface area (Å²) >= 11 is 0. The van der Waals surface area contributed by atoms with Crippen molar-refractivity contribution in [2.45, 2.75) is 25.2 Å². The lowest BCUT2D eigenvalue weighted by atomic mass is 10.0. The molecule has 3 aromatic rings. The van der Waals surface area contributed by atoms with Gasteiger partial charge in [-0.3, -0.25) is 4.57 Å². The molecule has 0 bridgehead atoms. The first-order chi connectivity index (χ1) is 14.3. The van der Waals surface area contributed by atoms with Gasteiger partial charge in [-0.25, -0.2) is 9.59 Å². The Kier molecular flexibility index (Phi) is 5.15. The first-order valence-corrected chi connectivity index (χ1v) is 9.42. The van der Waals surface area contributed by atoms with Crippen molar-refractivity contribution in [1.82, 2.24) is 14.5 Å². The normalized spacial score (nSPS) is 15.4. The van der Waals surface area contributed by atoms with Gasteiger partial charge in [-0.1, -0.05) is 24.3 Å². The van der Waals surface area contributed by atoms with Crippen molar-refractivity contribution >= 4 is 22.8 Å². The van der Waals surface area contributed by atoms with E-state index in [1.54, 1.807) is 4.57 Å². The monoisotopic (exact) mass is 420 g/mol. The number of H-pyrrole nitrogens is 1. The smallest absolute Gasteiger partial charge is 0.404 e. The Morgan fingerprint density at radius 2 is 1.73 bits per heavy atom. The topological polar surface area (TPSA) is 79.4 Å². The van der Waals surface area contributed by atoms with Crippen LogP contribution in [-0.2, 0) is 0 Å². The zero-order valence-corrected chi connectivity index (χ0v) is 15.8. The summed E-state index contributed by atoms with van der Waals surface area (Å²) in [4.78, 5) is 29.3. The summed E-state index contributed by atoms with van der Waals surface area (Å²) in [6.45, 7) is 0.732. The summed E-state index contributed by atoms with van der Waals surface area (Å²) in [5.74, 6) is -0.474. The number of piperidine rings is 1. The lowest BCUT2D eigenvalue weighted by Crippen LogP contribution is -2.42. The van der Waals surface area contributed by atoms with Gasteiger partial charge in [0.05, 0.1) is 16.7 Å². The average molecular weight is 420 g/mol. The molecule has 4 rings (SSSR count). The minimum atomic E-state index is -4.86. The minimum Gasteiger partial charge on any atom is -0.404 e. The number of fused-ring (bicyclic) bond motifs is 1. The van der Waals surface area contributed by atoms with Gasteiger partial charge in [-0.15, -0.1) is 13.2 Å². The van der Waals surface area contributed by atoms with Gasteiger partial charge in [0.15, 0.2) is 5.75 Å². The number of aromatic amines is 1. The van der Waals surface area contributed by atoms with Crippen LogP contribution < -0.4 is 15.7 Å².